The number of benzene rings is 2. The van der Waals surface area contributed by atoms with Crippen molar-refractivity contribution in [1.82, 2.24) is 4.98 Å². The quantitative estimate of drug-likeness (QED) is 0.635. The van der Waals surface area contributed by atoms with Crippen molar-refractivity contribution in [2.75, 3.05) is 0 Å². The fraction of sp³-hybridized carbons (Fsp3) is 0. The first-order chi connectivity index (χ1) is 11.0. The minimum Gasteiger partial charge on any atom is -0.478 e. The van der Waals surface area contributed by atoms with E-state index in [0.29, 0.717) is 22.0 Å². The van der Waals surface area contributed by atoms with Crippen LogP contribution in [0.4, 0.5) is 0 Å². The molecule has 5 nitrogen and oxygen atoms in total. The fourth-order valence-electron chi connectivity index (χ4n) is 2.29. The van der Waals surface area contributed by atoms with Crippen molar-refractivity contribution in [3.63, 3.8) is 0 Å². The van der Waals surface area contributed by atoms with Gasteiger partial charge in [-0.05, 0) is 36.4 Å². The summed E-state index contributed by atoms with van der Waals surface area (Å²) >= 11 is 0. The Hall–Kier alpha value is -3.52. The summed E-state index contributed by atoms with van der Waals surface area (Å²) in [5, 5.41) is 18.9. The van der Waals surface area contributed by atoms with E-state index in [4.69, 9.17) is 5.11 Å². The second-order valence-corrected chi connectivity index (χ2v) is 4.90. The van der Waals surface area contributed by atoms with Gasteiger partial charge in [0.15, 0.2) is 0 Å². The van der Waals surface area contributed by atoms with Gasteiger partial charge in [0.2, 0.25) is 0 Å². The summed E-state index contributed by atoms with van der Waals surface area (Å²) < 4.78 is 0. The van der Waals surface area contributed by atoms with E-state index in [2.05, 4.69) is 16.8 Å². The highest BCUT2D eigenvalue weighted by molar-refractivity contribution is 6.03. The number of aromatic nitrogens is 1. The lowest BCUT2D eigenvalue weighted by molar-refractivity contribution is 0.0687. The van der Waals surface area contributed by atoms with E-state index in [1.54, 1.807) is 30.5 Å². The molecule has 0 saturated carbocycles. The third kappa shape index (κ3) is 2.92. The van der Waals surface area contributed by atoms with Crippen LogP contribution in [0.5, 0.6) is 0 Å². The summed E-state index contributed by atoms with van der Waals surface area (Å²) in [6.45, 7) is 0. The molecular weight excluding hydrogens is 294 g/mol. The van der Waals surface area contributed by atoms with E-state index in [1.807, 2.05) is 0 Å². The molecule has 23 heavy (non-hydrogen) atoms. The van der Waals surface area contributed by atoms with Gasteiger partial charge in [0.05, 0.1) is 11.1 Å². The molecule has 0 radical (unpaired) electrons. The number of aromatic carboxylic acids is 2. The van der Waals surface area contributed by atoms with Crippen molar-refractivity contribution in [2.45, 2.75) is 0 Å². The van der Waals surface area contributed by atoms with Gasteiger partial charge in [-0.25, -0.2) is 9.59 Å². The molecule has 112 valence electrons. The lowest BCUT2D eigenvalue weighted by atomic mass is 10.1. The zero-order valence-corrected chi connectivity index (χ0v) is 11.8. The molecule has 2 aromatic carbocycles. The van der Waals surface area contributed by atoms with Crippen LogP contribution in [0.1, 0.15) is 31.8 Å². The van der Waals surface area contributed by atoms with Crippen LogP contribution in [0.15, 0.2) is 48.7 Å². The van der Waals surface area contributed by atoms with Gasteiger partial charge in [0, 0.05) is 28.2 Å². The van der Waals surface area contributed by atoms with E-state index < -0.39 is 11.9 Å². The van der Waals surface area contributed by atoms with Crippen LogP contribution in [-0.4, -0.2) is 27.1 Å². The Labute approximate surface area is 131 Å². The number of H-pyrrole nitrogens is 1. The van der Waals surface area contributed by atoms with E-state index in [-0.39, 0.29) is 11.1 Å². The average molecular weight is 305 g/mol. The van der Waals surface area contributed by atoms with Crippen LogP contribution in [0.2, 0.25) is 0 Å². The maximum atomic E-state index is 11.3. The minimum atomic E-state index is -1.02. The van der Waals surface area contributed by atoms with Gasteiger partial charge >= 0.3 is 11.9 Å². The van der Waals surface area contributed by atoms with E-state index in [1.165, 1.54) is 18.2 Å². The molecule has 0 aliphatic heterocycles. The number of carboxylic acids is 2. The first-order valence-electron chi connectivity index (χ1n) is 6.74. The van der Waals surface area contributed by atoms with E-state index >= 15 is 0 Å². The summed E-state index contributed by atoms with van der Waals surface area (Å²) in [6.07, 6.45) is 1.67. The van der Waals surface area contributed by atoms with Gasteiger partial charge in [-0.1, -0.05) is 17.9 Å². The summed E-state index contributed by atoms with van der Waals surface area (Å²) in [5.41, 5.74) is 2.11. The van der Waals surface area contributed by atoms with Crippen molar-refractivity contribution in [2.24, 2.45) is 0 Å². The SMILES string of the molecule is O=C(O)c1cccc(C#Cc2cc(C(=O)O)c3cc[nH]c3c2)c1. The molecule has 0 fully saturated rings. The van der Waals surface area contributed by atoms with Crippen LogP contribution in [0.25, 0.3) is 10.9 Å². The van der Waals surface area contributed by atoms with Crippen LogP contribution < -0.4 is 0 Å². The lowest BCUT2D eigenvalue weighted by Gasteiger charge is -1.99. The zero-order valence-electron chi connectivity index (χ0n) is 11.8. The minimum absolute atomic E-state index is 0.155. The predicted molar refractivity (Wildman–Crippen MR) is 84.6 cm³/mol. The van der Waals surface area contributed by atoms with Crippen LogP contribution in [-0.2, 0) is 0 Å². The Morgan fingerprint density at radius 2 is 1.70 bits per heavy atom. The molecule has 0 unspecified atom stereocenters. The molecule has 0 aliphatic rings. The average Bonchev–Trinajstić information content (AvgIpc) is 3.00. The number of hydrogen-bond acceptors (Lipinski definition) is 2. The molecule has 3 aromatic rings. The van der Waals surface area contributed by atoms with Gasteiger partial charge in [0.1, 0.15) is 0 Å². The predicted octanol–water partition coefficient (Wildman–Crippen LogP) is 2.96. The number of carbonyl (C=O) groups is 2. The van der Waals surface area contributed by atoms with Gasteiger partial charge in [-0.2, -0.15) is 0 Å². The zero-order chi connectivity index (χ0) is 16.4. The number of fused-ring (bicyclic) bond motifs is 1. The summed E-state index contributed by atoms with van der Waals surface area (Å²) in [4.78, 5) is 25.2. The largest absolute Gasteiger partial charge is 0.478 e. The van der Waals surface area contributed by atoms with Crippen molar-refractivity contribution in [3.05, 3.63) is 70.9 Å². The van der Waals surface area contributed by atoms with Crippen molar-refractivity contribution < 1.29 is 19.8 Å². The number of aromatic amines is 1. The molecule has 0 aliphatic carbocycles. The molecule has 0 bridgehead atoms. The normalized spacial score (nSPS) is 10.1. The maximum Gasteiger partial charge on any atom is 0.336 e. The molecule has 0 spiro atoms. The molecular formula is C18H11NO4. The molecule has 5 heteroatoms. The first kappa shape index (κ1) is 14.4. The number of nitrogens with one attached hydrogen (secondary N) is 1. The summed E-state index contributed by atoms with van der Waals surface area (Å²) in [7, 11) is 0. The number of hydrogen-bond donors (Lipinski definition) is 3. The highest BCUT2D eigenvalue weighted by Crippen LogP contribution is 2.20. The molecule has 1 aromatic heterocycles. The third-order valence-electron chi connectivity index (χ3n) is 3.36. The molecule has 3 rings (SSSR count). The van der Waals surface area contributed by atoms with Crippen LogP contribution >= 0.6 is 0 Å². The molecule has 3 N–H and O–H groups in total. The topological polar surface area (TPSA) is 90.4 Å². The van der Waals surface area contributed by atoms with Crippen molar-refractivity contribution in [3.8, 4) is 11.8 Å². The molecule has 1 heterocycles. The van der Waals surface area contributed by atoms with Crippen LogP contribution in [0.3, 0.4) is 0 Å². The standard InChI is InChI=1S/C18H11NO4/c20-17(21)13-3-1-2-11(8-13)4-5-12-9-15(18(22)23)14-6-7-19-16(14)10-12/h1-3,6-10,19H,(H,20,21)(H,22,23). The van der Waals surface area contributed by atoms with E-state index in [9.17, 15) is 14.7 Å². The Morgan fingerprint density at radius 3 is 2.43 bits per heavy atom. The van der Waals surface area contributed by atoms with Crippen LogP contribution in [0, 0.1) is 11.8 Å². The Balaban J connectivity index is 2.04. The Kier molecular flexibility index (Phi) is 3.57. The molecule has 0 atom stereocenters. The monoisotopic (exact) mass is 305 g/mol. The summed E-state index contributed by atoms with van der Waals surface area (Å²) in [6, 6.07) is 11.2. The maximum absolute atomic E-state index is 11.3. The highest BCUT2D eigenvalue weighted by Gasteiger charge is 2.10. The highest BCUT2D eigenvalue weighted by atomic mass is 16.4. The van der Waals surface area contributed by atoms with Gasteiger partial charge in [-0.3, -0.25) is 0 Å². The van der Waals surface area contributed by atoms with Gasteiger partial charge in [0.25, 0.3) is 0 Å². The molecule has 0 amide bonds. The smallest absolute Gasteiger partial charge is 0.336 e. The van der Waals surface area contributed by atoms with Crippen molar-refractivity contribution >= 4 is 22.8 Å². The second kappa shape index (κ2) is 5.70. The fourth-order valence-corrected chi connectivity index (χ4v) is 2.29. The molecule has 0 saturated heterocycles. The van der Waals surface area contributed by atoms with Gasteiger partial charge in [-0.15, -0.1) is 0 Å². The van der Waals surface area contributed by atoms with Crippen molar-refractivity contribution in [1.29, 1.82) is 0 Å². The number of carboxylic acid groups (broad SMARTS) is 2. The van der Waals surface area contributed by atoms with E-state index in [0.717, 1.165) is 0 Å². The van der Waals surface area contributed by atoms with Gasteiger partial charge < -0.3 is 15.2 Å². The Morgan fingerprint density at radius 1 is 0.913 bits per heavy atom. The first-order valence-corrected chi connectivity index (χ1v) is 6.74. The number of rotatable bonds is 2. The lowest BCUT2D eigenvalue weighted by Crippen LogP contribution is -1.97. The second-order valence-electron chi connectivity index (χ2n) is 4.90. The third-order valence-corrected chi connectivity index (χ3v) is 3.36. The Bertz CT molecular complexity index is 989. The summed E-state index contributed by atoms with van der Waals surface area (Å²) in [5.74, 6) is 3.70.